The minimum Gasteiger partial charge on any atom is -0.508 e. The number of nitrogens with one attached hydrogen (secondary N) is 1. The van der Waals surface area contributed by atoms with Crippen molar-refractivity contribution in [2.75, 3.05) is 16.0 Å². The third-order valence-electron chi connectivity index (χ3n) is 3.69. The summed E-state index contributed by atoms with van der Waals surface area (Å²) in [4.78, 5) is 22.8. The van der Waals surface area contributed by atoms with Crippen LogP contribution >= 0.6 is 23.1 Å². The molecule has 0 radical (unpaired) electrons. The molecule has 2 aromatic heterocycles. The van der Waals surface area contributed by atoms with Gasteiger partial charge in [0.25, 0.3) is 0 Å². The van der Waals surface area contributed by atoms with E-state index in [1.807, 2.05) is 35.7 Å². The van der Waals surface area contributed by atoms with E-state index in [2.05, 4.69) is 15.3 Å². The second-order valence-corrected chi connectivity index (χ2v) is 7.25. The number of carbonyl (C=O) groups is 1. The van der Waals surface area contributed by atoms with Gasteiger partial charge >= 0.3 is 0 Å². The van der Waals surface area contributed by atoms with Gasteiger partial charge in [-0.1, -0.05) is 24.3 Å². The molecule has 126 valence electrons. The molecule has 6 nitrogen and oxygen atoms in total. The van der Waals surface area contributed by atoms with E-state index in [1.165, 1.54) is 23.1 Å². The van der Waals surface area contributed by atoms with Crippen molar-refractivity contribution in [2.45, 2.75) is 5.37 Å². The molecule has 0 bridgehead atoms. The van der Waals surface area contributed by atoms with Crippen molar-refractivity contribution < 1.29 is 9.90 Å². The molecule has 4 rings (SSSR count). The van der Waals surface area contributed by atoms with E-state index in [1.54, 1.807) is 23.2 Å². The van der Waals surface area contributed by atoms with Crippen LogP contribution in [0.5, 0.6) is 5.75 Å². The Morgan fingerprint density at radius 2 is 2.00 bits per heavy atom. The molecule has 25 heavy (non-hydrogen) atoms. The number of phenolic OH excluding ortho intramolecular Hbond substituents is 1. The molecule has 1 aliphatic rings. The van der Waals surface area contributed by atoms with Crippen molar-refractivity contribution in [3.63, 3.8) is 0 Å². The molecule has 3 heterocycles. The fourth-order valence-corrected chi connectivity index (χ4v) is 4.61. The third-order valence-corrected chi connectivity index (χ3v) is 5.72. The highest BCUT2D eigenvalue weighted by atomic mass is 32.2. The topological polar surface area (TPSA) is 78.3 Å². The molecule has 0 aliphatic carbocycles. The third kappa shape index (κ3) is 3.18. The maximum absolute atomic E-state index is 12.4. The first kappa shape index (κ1) is 15.9. The number of amides is 1. The van der Waals surface area contributed by atoms with Gasteiger partial charge in [0.05, 0.1) is 5.75 Å². The number of para-hydroxylation sites is 1. The average molecular weight is 370 g/mol. The Balaban J connectivity index is 1.61. The molecular weight excluding hydrogens is 356 g/mol. The summed E-state index contributed by atoms with van der Waals surface area (Å²) >= 11 is 2.87. The lowest BCUT2D eigenvalue weighted by atomic mass is 10.2. The molecule has 1 aliphatic heterocycles. The smallest absolute Gasteiger partial charge is 0.240 e. The second kappa shape index (κ2) is 6.73. The number of thioether (sulfide) groups is 1. The summed E-state index contributed by atoms with van der Waals surface area (Å²) in [6.45, 7) is 0. The molecule has 1 fully saturated rings. The van der Waals surface area contributed by atoms with Gasteiger partial charge in [-0.05, 0) is 18.2 Å². The van der Waals surface area contributed by atoms with E-state index in [-0.39, 0.29) is 17.0 Å². The highest BCUT2D eigenvalue weighted by molar-refractivity contribution is 8.00. The number of hydrogen-bond donors (Lipinski definition) is 2. The zero-order valence-electron chi connectivity index (χ0n) is 13.0. The molecule has 2 N–H and O–H groups in total. The minimum absolute atomic E-state index is 0.0167. The Morgan fingerprint density at radius 3 is 2.80 bits per heavy atom. The maximum atomic E-state index is 12.4. The zero-order chi connectivity index (χ0) is 17.2. The van der Waals surface area contributed by atoms with Crippen LogP contribution in [0.1, 0.15) is 10.9 Å². The Kier molecular flexibility index (Phi) is 4.29. The van der Waals surface area contributed by atoms with Crippen LogP contribution in [0.25, 0.3) is 0 Å². The number of aromatic hydroxyl groups is 1. The number of pyridine rings is 1. The first-order valence-electron chi connectivity index (χ1n) is 7.57. The lowest BCUT2D eigenvalue weighted by molar-refractivity contribution is -0.115. The van der Waals surface area contributed by atoms with Crippen LogP contribution in [-0.4, -0.2) is 26.7 Å². The molecule has 0 spiro atoms. The van der Waals surface area contributed by atoms with Crippen LogP contribution in [0.2, 0.25) is 0 Å². The summed E-state index contributed by atoms with van der Waals surface area (Å²) in [5.41, 5.74) is 0.716. The molecule has 1 amide bonds. The predicted octanol–water partition coefficient (Wildman–Crippen LogP) is 3.77. The van der Waals surface area contributed by atoms with Crippen LogP contribution < -0.4 is 10.2 Å². The summed E-state index contributed by atoms with van der Waals surface area (Å²) in [6.07, 6.45) is 1.70. The Morgan fingerprint density at radius 1 is 1.16 bits per heavy atom. The van der Waals surface area contributed by atoms with Crippen molar-refractivity contribution in [3.05, 3.63) is 59.6 Å². The molecule has 1 saturated heterocycles. The highest BCUT2D eigenvalue weighted by Gasteiger charge is 2.37. The van der Waals surface area contributed by atoms with E-state index in [0.717, 1.165) is 0 Å². The van der Waals surface area contributed by atoms with Crippen molar-refractivity contribution in [1.29, 1.82) is 0 Å². The van der Waals surface area contributed by atoms with Gasteiger partial charge in [0.15, 0.2) is 5.13 Å². The van der Waals surface area contributed by atoms with Gasteiger partial charge in [-0.2, -0.15) is 0 Å². The SMILES string of the molecule is O=C1CSC(c2ccccc2O)N1c1nc(Nc2ccccn2)cs1. The van der Waals surface area contributed by atoms with Gasteiger partial charge in [-0.3, -0.25) is 9.69 Å². The number of hydrogen-bond acceptors (Lipinski definition) is 7. The van der Waals surface area contributed by atoms with Gasteiger partial charge in [-0.15, -0.1) is 23.1 Å². The van der Waals surface area contributed by atoms with E-state index in [4.69, 9.17) is 0 Å². The van der Waals surface area contributed by atoms with Gasteiger partial charge in [0, 0.05) is 17.1 Å². The zero-order valence-corrected chi connectivity index (χ0v) is 14.6. The lowest BCUT2D eigenvalue weighted by Crippen LogP contribution is -2.27. The van der Waals surface area contributed by atoms with Crippen LogP contribution in [0.3, 0.4) is 0 Å². The number of aromatic nitrogens is 2. The van der Waals surface area contributed by atoms with E-state index >= 15 is 0 Å². The molecule has 3 aromatic rings. The summed E-state index contributed by atoms with van der Waals surface area (Å²) in [7, 11) is 0. The van der Waals surface area contributed by atoms with E-state index in [0.29, 0.717) is 28.1 Å². The standard InChI is InChI=1S/C17H14N4O2S2/c22-12-6-2-1-5-11(12)16-21(15(23)10-24-16)17-20-14(9-25-17)19-13-7-3-4-8-18-13/h1-9,16,22H,10H2,(H,18,19). The van der Waals surface area contributed by atoms with Crippen LogP contribution in [0.15, 0.2) is 54.0 Å². The number of carbonyl (C=O) groups excluding carboxylic acids is 1. The maximum Gasteiger partial charge on any atom is 0.240 e. The van der Waals surface area contributed by atoms with Crippen molar-refractivity contribution in [2.24, 2.45) is 0 Å². The van der Waals surface area contributed by atoms with Crippen LogP contribution in [0.4, 0.5) is 16.8 Å². The second-order valence-electron chi connectivity index (χ2n) is 5.34. The normalized spacial score (nSPS) is 17.0. The Bertz CT molecular complexity index is 900. The lowest BCUT2D eigenvalue weighted by Gasteiger charge is -2.22. The van der Waals surface area contributed by atoms with Crippen molar-refractivity contribution >= 4 is 45.8 Å². The monoisotopic (exact) mass is 370 g/mol. The van der Waals surface area contributed by atoms with Crippen molar-refractivity contribution in [1.82, 2.24) is 9.97 Å². The number of nitrogens with zero attached hydrogens (tertiary/aromatic N) is 3. The Labute approximate surface area is 152 Å². The van der Waals surface area contributed by atoms with E-state index < -0.39 is 0 Å². The van der Waals surface area contributed by atoms with Crippen molar-refractivity contribution in [3.8, 4) is 5.75 Å². The molecule has 1 aromatic carbocycles. The number of rotatable bonds is 4. The Hall–Kier alpha value is -2.58. The predicted molar refractivity (Wildman–Crippen MR) is 100 cm³/mol. The summed E-state index contributed by atoms with van der Waals surface area (Å²) in [6, 6.07) is 12.7. The summed E-state index contributed by atoms with van der Waals surface area (Å²) < 4.78 is 0. The van der Waals surface area contributed by atoms with Gasteiger partial charge in [-0.25, -0.2) is 9.97 Å². The molecule has 0 saturated carbocycles. The molecule has 1 unspecified atom stereocenters. The fourth-order valence-electron chi connectivity index (χ4n) is 2.56. The molecular formula is C17H14N4O2S2. The van der Waals surface area contributed by atoms with Gasteiger partial charge in [0.2, 0.25) is 5.91 Å². The number of anilines is 3. The largest absolute Gasteiger partial charge is 0.508 e. The summed E-state index contributed by atoms with van der Waals surface area (Å²) in [5, 5.41) is 15.4. The van der Waals surface area contributed by atoms with Crippen LogP contribution in [0, 0.1) is 0 Å². The number of benzene rings is 1. The van der Waals surface area contributed by atoms with Gasteiger partial charge < -0.3 is 10.4 Å². The quantitative estimate of drug-likeness (QED) is 0.728. The van der Waals surface area contributed by atoms with Gasteiger partial charge in [0.1, 0.15) is 22.8 Å². The first-order valence-corrected chi connectivity index (χ1v) is 9.50. The van der Waals surface area contributed by atoms with E-state index in [9.17, 15) is 9.90 Å². The average Bonchev–Trinajstić information content (AvgIpc) is 3.22. The minimum atomic E-state index is -0.275. The number of phenols is 1. The molecule has 8 heteroatoms. The number of thiazole rings is 1. The summed E-state index contributed by atoms with van der Waals surface area (Å²) in [5.74, 6) is 1.86. The highest BCUT2D eigenvalue weighted by Crippen LogP contribution is 2.45. The van der Waals surface area contributed by atoms with Crippen LogP contribution in [-0.2, 0) is 4.79 Å². The first-order chi connectivity index (χ1) is 12.2. The molecule has 1 atom stereocenters. The fraction of sp³-hybridized carbons (Fsp3) is 0.118.